The van der Waals surface area contributed by atoms with E-state index < -0.39 is 0 Å². The molecule has 106 valence electrons. The fourth-order valence-corrected chi connectivity index (χ4v) is 2.21. The van der Waals surface area contributed by atoms with E-state index in [2.05, 4.69) is 37.1 Å². The molecule has 0 saturated heterocycles. The number of halogens is 2. The molecule has 3 nitrogen and oxygen atoms in total. The lowest BCUT2D eigenvalue weighted by molar-refractivity contribution is 0.508. The molecule has 19 heavy (non-hydrogen) atoms. The van der Waals surface area contributed by atoms with Crippen LogP contribution >= 0.6 is 35.6 Å². The molecule has 1 saturated carbocycles. The zero-order valence-electron chi connectivity index (χ0n) is 11.5. The summed E-state index contributed by atoms with van der Waals surface area (Å²) in [6.45, 7) is 6.20. The van der Waals surface area contributed by atoms with Crippen molar-refractivity contribution in [3.05, 3.63) is 34.9 Å². The molecule has 1 aliphatic rings. The van der Waals surface area contributed by atoms with Crippen LogP contribution in [0.5, 0.6) is 0 Å². The van der Waals surface area contributed by atoms with Gasteiger partial charge in [0.05, 0.1) is 6.04 Å². The van der Waals surface area contributed by atoms with E-state index in [-0.39, 0.29) is 29.5 Å². The first-order valence-electron chi connectivity index (χ1n) is 6.22. The number of aliphatic imine (C=N–C) groups is 1. The second kappa shape index (κ2) is 6.31. The summed E-state index contributed by atoms with van der Waals surface area (Å²) in [4.78, 5) is 4.50. The maximum Gasteiger partial charge on any atom is 0.189 e. The fraction of sp³-hybridized carbons (Fsp3) is 0.500. The normalized spacial score (nSPS) is 22.6. The lowest BCUT2D eigenvalue weighted by Gasteiger charge is -2.21. The highest BCUT2D eigenvalue weighted by atomic mass is 127. The van der Waals surface area contributed by atoms with Crippen LogP contribution in [0.2, 0.25) is 5.02 Å². The van der Waals surface area contributed by atoms with Gasteiger partial charge < -0.3 is 11.1 Å². The van der Waals surface area contributed by atoms with Crippen molar-refractivity contribution in [3.63, 3.8) is 0 Å². The minimum atomic E-state index is -0.0476. The second-order valence-electron chi connectivity index (χ2n) is 5.85. The summed E-state index contributed by atoms with van der Waals surface area (Å²) in [5.74, 6) is 0.987. The van der Waals surface area contributed by atoms with Crippen molar-refractivity contribution in [2.24, 2.45) is 10.7 Å². The van der Waals surface area contributed by atoms with Crippen molar-refractivity contribution < 1.29 is 0 Å². The Labute approximate surface area is 137 Å². The molecule has 0 radical (unpaired) electrons. The van der Waals surface area contributed by atoms with Crippen molar-refractivity contribution >= 4 is 41.5 Å². The summed E-state index contributed by atoms with van der Waals surface area (Å²) in [6, 6.07) is 8.27. The van der Waals surface area contributed by atoms with Gasteiger partial charge in [-0.25, -0.2) is 4.99 Å². The third-order valence-electron chi connectivity index (χ3n) is 2.84. The molecule has 1 fully saturated rings. The number of nitrogens with one attached hydrogen (secondary N) is 1. The number of nitrogens with zero attached hydrogens (tertiary/aromatic N) is 1. The highest BCUT2D eigenvalue weighted by Gasteiger charge is 2.38. The summed E-state index contributed by atoms with van der Waals surface area (Å²) < 4.78 is 0. The molecule has 0 unspecified atom stereocenters. The molecule has 2 atom stereocenters. The Morgan fingerprint density at radius 1 is 1.42 bits per heavy atom. The first kappa shape index (κ1) is 16.6. The van der Waals surface area contributed by atoms with E-state index in [1.807, 2.05) is 18.2 Å². The molecule has 0 amide bonds. The van der Waals surface area contributed by atoms with Crippen LogP contribution in [0.15, 0.2) is 29.3 Å². The first-order chi connectivity index (χ1) is 8.35. The summed E-state index contributed by atoms with van der Waals surface area (Å²) in [5, 5.41) is 3.96. The summed E-state index contributed by atoms with van der Waals surface area (Å²) in [7, 11) is 0. The minimum Gasteiger partial charge on any atom is -0.370 e. The van der Waals surface area contributed by atoms with Gasteiger partial charge in [0.25, 0.3) is 0 Å². The molecule has 0 spiro atoms. The summed E-state index contributed by atoms with van der Waals surface area (Å²) in [6.07, 6.45) is 1.05. The van der Waals surface area contributed by atoms with Gasteiger partial charge in [-0.15, -0.1) is 24.0 Å². The zero-order valence-corrected chi connectivity index (χ0v) is 14.6. The molecular weight excluding hydrogens is 373 g/mol. The van der Waals surface area contributed by atoms with E-state index in [1.54, 1.807) is 0 Å². The maximum atomic E-state index is 5.98. The van der Waals surface area contributed by atoms with Crippen LogP contribution in [0.25, 0.3) is 0 Å². The SMILES string of the molecule is CC(C)(C)NC(N)=N[C@@H]1C[C@H]1c1cccc(Cl)c1.I. The van der Waals surface area contributed by atoms with Gasteiger partial charge in [-0.3, -0.25) is 0 Å². The molecule has 0 bridgehead atoms. The predicted molar refractivity (Wildman–Crippen MR) is 92.5 cm³/mol. The molecule has 3 N–H and O–H groups in total. The van der Waals surface area contributed by atoms with E-state index in [9.17, 15) is 0 Å². The fourth-order valence-electron chi connectivity index (χ4n) is 2.01. The van der Waals surface area contributed by atoms with Gasteiger partial charge in [-0.05, 0) is 44.9 Å². The average Bonchev–Trinajstić information content (AvgIpc) is 2.93. The average molecular weight is 394 g/mol. The highest BCUT2D eigenvalue weighted by molar-refractivity contribution is 14.0. The Bertz CT molecular complexity index is 468. The van der Waals surface area contributed by atoms with E-state index in [1.165, 1.54) is 5.56 Å². The first-order valence-corrected chi connectivity index (χ1v) is 6.60. The topological polar surface area (TPSA) is 50.4 Å². The van der Waals surface area contributed by atoms with E-state index in [4.69, 9.17) is 17.3 Å². The molecule has 0 aliphatic heterocycles. The van der Waals surface area contributed by atoms with Gasteiger partial charge >= 0.3 is 0 Å². The van der Waals surface area contributed by atoms with Gasteiger partial charge in [-0.2, -0.15) is 0 Å². The van der Waals surface area contributed by atoms with E-state index in [0.717, 1.165) is 11.4 Å². The quantitative estimate of drug-likeness (QED) is 0.459. The number of rotatable bonds is 2. The Balaban J connectivity index is 0.00000180. The Morgan fingerprint density at radius 2 is 2.11 bits per heavy atom. The molecule has 2 rings (SSSR count). The van der Waals surface area contributed by atoms with Crippen LogP contribution in [-0.2, 0) is 0 Å². The summed E-state index contributed by atoms with van der Waals surface area (Å²) in [5.41, 5.74) is 7.09. The maximum absolute atomic E-state index is 5.98. The van der Waals surface area contributed by atoms with E-state index >= 15 is 0 Å². The van der Waals surface area contributed by atoms with Crippen molar-refractivity contribution in [3.8, 4) is 0 Å². The minimum absolute atomic E-state index is 0. The van der Waals surface area contributed by atoms with Crippen molar-refractivity contribution in [2.45, 2.75) is 44.7 Å². The monoisotopic (exact) mass is 393 g/mol. The molecule has 5 heteroatoms. The predicted octanol–water partition coefficient (Wildman–Crippen LogP) is 3.52. The molecule has 1 aromatic rings. The Kier molecular flexibility index (Phi) is 5.50. The lowest BCUT2D eigenvalue weighted by Crippen LogP contribution is -2.45. The third-order valence-corrected chi connectivity index (χ3v) is 3.08. The number of hydrogen-bond donors (Lipinski definition) is 2. The Hall–Kier alpha value is -0.490. The molecule has 0 heterocycles. The summed E-state index contributed by atoms with van der Waals surface area (Å²) >= 11 is 5.98. The second-order valence-corrected chi connectivity index (χ2v) is 6.29. The molecule has 0 aromatic heterocycles. The van der Waals surface area contributed by atoms with Crippen molar-refractivity contribution in [1.29, 1.82) is 0 Å². The zero-order chi connectivity index (χ0) is 13.3. The molecule has 1 aromatic carbocycles. The van der Waals surface area contributed by atoms with Crippen LogP contribution in [0.4, 0.5) is 0 Å². The number of guanidine groups is 1. The van der Waals surface area contributed by atoms with Gasteiger partial charge in [0, 0.05) is 16.5 Å². The number of nitrogens with two attached hydrogens (primary N) is 1. The third kappa shape index (κ3) is 5.18. The van der Waals surface area contributed by atoms with Crippen LogP contribution < -0.4 is 11.1 Å². The number of benzene rings is 1. The standard InChI is InChI=1S/C14H20ClN3.HI/c1-14(2,3)18-13(16)17-12-8-11(12)9-5-4-6-10(15)7-9;/h4-7,11-12H,8H2,1-3H3,(H3,16,17,18);1H/t11-,12+;/m0./s1. The van der Waals surface area contributed by atoms with Crippen LogP contribution in [0, 0.1) is 0 Å². The van der Waals surface area contributed by atoms with Crippen LogP contribution in [0.1, 0.15) is 38.7 Å². The smallest absolute Gasteiger partial charge is 0.189 e. The van der Waals surface area contributed by atoms with Crippen molar-refractivity contribution in [2.75, 3.05) is 0 Å². The lowest BCUT2D eigenvalue weighted by atomic mass is 10.1. The Morgan fingerprint density at radius 3 is 2.68 bits per heavy atom. The van der Waals surface area contributed by atoms with Crippen molar-refractivity contribution in [1.82, 2.24) is 5.32 Å². The van der Waals surface area contributed by atoms with E-state index in [0.29, 0.717) is 17.9 Å². The van der Waals surface area contributed by atoms with Crippen LogP contribution in [0.3, 0.4) is 0 Å². The highest BCUT2D eigenvalue weighted by Crippen LogP contribution is 2.43. The van der Waals surface area contributed by atoms with Gasteiger partial charge in [0.1, 0.15) is 0 Å². The molecule has 1 aliphatic carbocycles. The van der Waals surface area contributed by atoms with Gasteiger partial charge in [0.15, 0.2) is 5.96 Å². The van der Waals surface area contributed by atoms with Gasteiger partial charge in [0.2, 0.25) is 0 Å². The largest absolute Gasteiger partial charge is 0.370 e. The number of hydrogen-bond acceptors (Lipinski definition) is 1. The van der Waals surface area contributed by atoms with Crippen LogP contribution in [-0.4, -0.2) is 17.5 Å². The molecular formula is C14H21ClIN3. The van der Waals surface area contributed by atoms with Gasteiger partial charge in [-0.1, -0.05) is 23.7 Å².